The summed E-state index contributed by atoms with van der Waals surface area (Å²) in [5, 5.41) is 10.9. The van der Waals surface area contributed by atoms with Gasteiger partial charge in [-0.25, -0.2) is 24.3 Å². The Bertz CT molecular complexity index is 1280. The van der Waals surface area contributed by atoms with Gasteiger partial charge in [0, 0.05) is 55.7 Å². The van der Waals surface area contributed by atoms with E-state index in [1.165, 1.54) is 19.4 Å². The monoisotopic (exact) mass is 521 g/mol. The van der Waals surface area contributed by atoms with Crippen molar-refractivity contribution in [1.82, 2.24) is 29.4 Å². The summed E-state index contributed by atoms with van der Waals surface area (Å²) in [6.45, 7) is 3.36. The molecule has 5 rings (SSSR count). The van der Waals surface area contributed by atoms with E-state index in [2.05, 4.69) is 19.9 Å². The fraction of sp³-hybridized carbons (Fsp3) is 0.542. The number of aliphatic hydroxyl groups is 1. The molecule has 0 amide bonds. The molecule has 9 nitrogen and oxygen atoms in total. The van der Waals surface area contributed by atoms with E-state index in [9.17, 15) is 23.1 Å². The van der Waals surface area contributed by atoms with Crippen LogP contribution in [0, 0.1) is 11.7 Å². The van der Waals surface area contributed by atoms with Gasteiger partial charge >= 0.3 is 6.18 Å². The number of fused-ring (bicyclic) bond motifs is 1. The Morgan fingerprint density at radius 3 is 2.51 bits per heavy atom. The first-order chi connectivity index (χ1) is 17.6. The van der Waals surface area contributed by atoms with Gasteiger partial charge in [-0.2, -0.15) is 13.2 Å². The molecule has 13 heteroatoms. The van der Waals surface area contributed by atoms with E-state index in [0.717, 1.165) is 25.2 Å². The van der Waals surface area contributed by atoms with Crippen LogP contribution in [0.2, 0.25) is 0 Å². The van der Waals surface area contributed by atoms with Crippen LogP contribution in [0.1, 0.15) is 37.6 Å². The number of aromatic nitrogens is 5. The molecule has 2 atom stereocenters. The molecule has 0 bridgehead atoms. The van der Waals surface area contributed by atoms with Crippen molar-refractivity contribution in [2.45, 2.75) is 57.6 Å². The van der Waals surface area contributed by atoms with Crippen LogP contribution in [0.4, 0.5) is 23.4 Å². The van der Waals surface area contributed by atoms with Gasteiger partial charge in [-0.1, -0.05) is 0 Å². The quantitative estimate of drug-likeness (QED) is 0.452. The second kappa shape index (κ2) is 9.93. The van der Waals surface area contributed by atoms with Gasteiger partial charge in [0.25, 0.3) is 0 Å². The molecule has 2 aliphatic rings. The maximum absolute atomic E-state index is 15.3. The van der Waals surface area contributed by atoms with Crippen LogP contribution in [0.3, 0.4) is 0 Å². The van der Waals surface area contributed by atoms with Crippen molar-refractivity contribution in [2.24, 2.45) is 5.92 Å². The maximum Gasteiger partial charge on any atom is 0.451 e. The third-order valence-electron chi connectivity index (χ3n) is 6.84. The van der Waals surface area contributed by atoms with E-state index in [1.807, 2.05) is 9.80 Å². The van der Waals surface area contributed by atoms with Crippen LogP contribution in [-0.2, 0) is 24.1 Å². The average Bonchev–Trinajstić information content (AvgIpc) is 3.63. The van der Waals surface area contributed by atoms with E-state index in [-0.39, 0.29) is 29.7 Å². The lowest BCUT2D eigenvalue weighted by molar-refractivity contribution is -0.145. The van der Waals surface area contributed by atoms with Gasteiger partial charge in [0.15, 0.2) is 5.82 Å². The molecule has 0 radical (unpaired) electrons. The number of carbonyl (C=O) groups excluding carboxylic acids is 1. The van der Waals surface area contributed by atoms with Crippen molar-refractivity contribution in [3.05, 3.63) is 42.1 Å². The van der Waals surface area contributed by atoms with E-state index >= 15 is 4.39 Å². The molecule has 198 valence electrons. The van der Waals surface area contributed by atoms with Gasteiger partial charge in [-0.15, -0.1) is 0 Å². The summed E-state index contributed by atoms with van der Waals surface area (Å²) in [4.78, 5) is 30.7. The lowest BCUT2D eigenvalue weighted by atomic mass is 9.93. The number of nitrogens with zero attached hydrogens (tertiary/aromatic N) is 7. The molecule has 3 aromatic rings. The van der Waals surface area contributed by atoms with Crippen LogP contribution in [0.5, 0.6) is 0 Å². The van der Waals surface area contributed by atoms with Gasteiger partial charge in [0.1, 0.15) is 23.6 Å². The zero-order valence-corrected chi connectivity index (χ0v) is 20.2. The van der Waals surface area contributed by atoms with Crippen LogP contribution in [0.25, 0.3) is 11.0 Å². The number of carbonyl (C=O) groups is 1. The largest absolute Gasteiger partial charge is 0.451 e. The fourth-order valence-corrected chi connectivity index (χ4v) is 4.93. The average molecular weight is 522 g/mol. The number of hydrogen-bond donors (Lipinski definition) is 1. The summed E-state index contributed by atoms with van der Waals surface area (Å²) in [6.07, 6.45) is 2.00. The first kappa shape index (κ1) is 25.5. The zero-order chi connectivity index (χ0) is 26.3. The van der Waals surface area contributed by atoms with Crippen molar-refractivity contribution >= 4 is 22.6 Å². The number of aliphatic hydroxyl groups excluding tert-OH is 1. The van der Waals surface area contributed by atoms with Crippen molar-refractivity contribution in [3.63, 3.8) is 0 Å². The van der Waals surface area contributed by atoms with Gasteiger partial charge < -0.3 is 14.6 Å². The Kier molecular flexibility index (Phi) is 6.84. The second-order valence-electron chi connectivity index (χ2n) is 9.85. The van der Waals surface area contributed by atoms with Crippen molar-refractivity contribution in [2.75, 3.05) is 24.5 Å². The van der Waals surface area contributed by atoms with E-state index in [1.54, 1.807) is 4.57 Å². The van der Waals surface area contributed by atoms with Crippen molar-refractivity contribution in [1.29, 1.82) is 0 Å². The Hall–Kier alpha value is -3.19. The van der Waals surface area contributed by atoms with Gasteiger partial charge in [0.05, 0.1) is 18.0 Å². The maximum atomic E-state index is 15.3. The number of rotatable bonds is 8. The van der Waals surface area contributed by atoms with Gasteiger partial charge in [0.2, 0.25) is 5.82 Å². The number of halogens is 4. The third-order valence-corrected chi connectivity index (χ3v) is 6.84. The Labute approximate surface area is 210 Å². The number of β-amino-alcohol motifs (C(OH)–C–C–N with tert-alkyl or cyclic N) is 1. The molecule has 1 N–H and O–H groups in total. The standard InChI is InChI=1S/C24H27F4N7O2/c1-14(36)8-33-5-4-16(19(37)12-33)10-34-11-18(25)20-21(34)31-13-32-22(20)35(17-2-3-17)9-15-6-29-23(30-7-15)24(26,27)28/h6-7,11,13,16-17,19,37H,2-5,8-10,12H2,1H3/t16?,19-/m0/s1. The number of alkyl halides is 3. The lowest BCUT2D eigenvalue weighted by Gasteiger charge is -2.35. The highest BCUT2D eigenvalue weighted by molar-refractivity contribution is 5.89. The number of piperidine rings is 1. The SMILES string of the molecule is CC(=O)CN1CCC(Cn2cc(F)c3c(N(Cc4cnc(C(F)(F)F)nc4)C4CC4)ncnc32)[C@@H](O)C1. The molecule has 1 unspecified atom stereocenters. The molecule has 3 aromatic heterocycles. The Morgan fingerprint density at radius 1 is 1.16 bits per heavy atom. The van der Waals surface area contributed by atoms with Gasteiger partial charge in [-0.05, 0) is 32.7 Å². The minimum Gasteiger partial charge on any atom is -0.391 e. The summed E-state index contributed by atoms with van der Waals surface area (Å²) in [6, 6.07) is 0.0653. The molecule has 1 saturated carbocycles. The number of Topliss-reactive ketones (excluding diaryl/α,β-unsaturated/α-hetero) is 1. The smallest absolute Gasteiger partial charge is 0.391 e. The van der Waals surface area contributed by atoms with E-state index in [4.69, 9.17) is 0 Å². The minimum atomic E-state index is -4.63. The summed E-state index contributed by atoms with van der Waals surface area (Å²) in [7, 11) is 0. The Balaban J connectivity index is 1.38. The predicted octanol–water partition coefficient (Wildman–Crippen LogP) is 2.82. The number of anilines is 1. The summed E-state index contributed by atoms with van der Waals surface area (Å²) in [5.74, 6) is -1.46. The highest BCUT2D eigenvalue weighted by atomic mass is 19.4. The highest BCUT2D eigenvalue weighted by Gasteiger charge is 2.36. The normalized spacial score (nSPS) is 20.9. The molecule has 1 aliphatic carbocycles. The molecule has 2 fully saturated rings. The fourth-order valence-electron chi connectivity index (χ4n) is 4.93. The zero-order valence-electron chi connectivity index (χ0n) is 20.2. The minimum absolute atomic E-state index is 0.0384. The highest BCUT2D eigenvalue weighted by Crippen LogP contribution is 2.37. The third kappa shape index (κ3) is 5.57. The summed E-state index contributed by atoms with van der Waals surface area (Å²) < 4.78 is 55.5. The van der Waals surface area contributed by atoms with Crippen molar-refractivity contribution in [3.8, 4) is 0 Å². The van der Waals surface area contributed by atoms with Crippen LogP contribution < -0.4 is 4.90 Å². The topological polar surface area (TPSA) is 100 Å². The van der Waals surface area contributed by atoms with Crippen molar-refractivity contribution < 1.29 is 27.5 Å². The Morgan fingerprint density at radius 2 is 1.89 bits per heavy atom. The second-order valence-corrected chi connectivity index (χ2v) is 9.85. The molecule has 0 spiro atoms. The molecule has 4 heterocycles. The molecular formula is C24H27F4N7O2. The molecule has 1 aliphatic heterocycles. The number of hydrogen-bond acceptors (Lipinski definition) is 8. The first-order valence-electron chi connectivity index (χ1n) is 12.1. The molecule has 1 saturated heterocycles. The molecule has 37 heavy (non-hydrogen) atoms. The van der Waals surface area contributed by atoms with Crippen LogP contribution in [-0.4, -0.2) is 72.1 Å². The lowest BCUT2D eigenvalue weighted by Crippen LogP contribution is -2.46. The van der Waals surface area contributed by atoms with E-state index < -0.39 is 23.9 Å². The van der Waals surface area contributed by atoms with Gasteiger partial charge in [-0.3, -0.25) is 9.69 Å². The van der Waals surface area contributed by atoms with E-state index in [0.29, 0.717) is 49.6 Å². The van der Waals surface area contributed by atoms with Crippen LogP contribution in [0.15, 0.2) is 24.9 Å². The summed E-state index contributed by atoms with van der Waals surface area (Å²) >= 11 is 0. The number of ketones is 1. The first-order valence-corrected chi connectivity index (χ1v) is 12.1. The molecular weight excluding hydrogens is 494 g/mol. The van der Waals surface area contributed by atoms with Crippen LogP contribution >= 0.6 is 0 Å². The molecule has 0 aromatic carbocycles. The summed E-state index contributed by atoms with van der Waals surface area (Å²) in [5.41, 5.74) is 0.835. The predicted molar refractivity (Wildman–Crippen MR) is 125 cm³/mol. The number of likely N-dealkylation sites (tertiary alicyclic amines) is 1.